The molecule has 0 spiro atoms. The van der Waals surface area contributed by atoms with Crippen molar-refractivity contribution in [2.75, 3.05) is 25.0 Å². The maximum absolute atomic E-state index is 14.1. The molecule has 0 saturated carbocycles. The van der Waals surface area contributed by atoms with Crippen molar-refractivity contribution in [3.05, 3.63) is 29.1 Å². The predicted octanol–water partition coefficient (Wildman–Crippen LogP) is 1.75. The molecule has 0 aliphatic carbocycles. The molecule has 0 bridgehead atoms. The average Bonchev–Trinajstić information content (AvgIpc) is 2.47. The fourth-order valence-corrected chi connectivity index (χ4v) is 2.86. The van der Waals surface area contributed by atoms with Crippen LogP contribution in [0, 0.1) is 5.82 Å². The smallest absolute Gasteiger partial charge is 0.376 e. The van der Waals surface area contributed by atoms with Crippen molar-refractivity contribution in [3.63, 3.8) is 0 Å². The lowest BCUT2D eigenvalue weighted by molar-refractivity contribution is -0.118. The van der Waals surface area contributed by atoms with Gasteiger partial charge in [0.25, 0.3) is 5.91 Å². The Morgan fingerprint density at radius 1 is 1.50 bits per heavy atom. The molecule has 1 aromatic rings. The third-order valence-electron chi connectivity index (χ3n) is 3.94. The van der Waals surface area contributed by atoms with Crippen molar-refractivity contribution in [1.82, 2.24) is 4.81 Å². The van der Waals surface area contributed by atoms with Crippen molar-refractivity contribution in [2.45, 2.75) is 19.7 Å². The van der Waals surface area contributed by atoms with Gasteiger partial charge in [-0.2, -0.15) is 0 Å². The van der Waals surface area contributed by atoms with Gasteiger partial charge in [-0.25, -0.2) is 4.39 Å². The van der Waals surface area contributed by atoms with Crippen LogP contribution in [-0.2, 0) is 4.79 Å². The fourth-order valence-electron chi connectivity index (χ4n) is 2.86. The summed E-state index contributed by atoms with van der Waals surface area (Å²) in [5.41, 5.74) is 2.19. The first-order chi connectivity index (χ1) is 10.5. The highest BCUT2D eigenvalue weighted by molar-refractivity contribution is 6.45. The van der Waals surface area contributed by atoms with Crippen LogP contribution in [0.2, 0.25) is 6.82 Å². The maximum atomic E-state index is 14.1. The van der Waals surface area contributed by atoms with Gasteiger partial charge < -0.3 is 19.9 Å². The zero-order valence-corrected chi connectivity index (χ0v) is 12.4. The van der Waals surface area contributed by atoms with Gasteiger partial charge in [0.05, 0.1) is 5.69 Å². The third-order valence-corrected chi connectivity index (χ3v) is 3.94. The lowest BCUT2D eigenvalue weighted by Crippen LogP contribution is -2.41. The van der Waals surface area contributed by atoms with E-state index < -0.39 is 12.9 Å². The molecule has 2 aliphatic heterocycles. The summed E-state index contributed by atoms with van der Waals surface area (Å²) >= 11 is 0. The molecule has 1 fully saturated rings. The summed E-state index contributed by atoms with van der Waals surface area (Å²) in [7, 11) is -0.489. The molecule has 22 heavy (non-hydrogen) atoms. The van der Waals surface area contributed by atoms with E-state index in [1.807, 2.05) is 10.9 Å². The highest BCUT2D eigenvalue weighted by Crippen LogP contribution is 2.33. The molecule has 1 amide bonds. The number of amides is 1. The molecule has 1 saturated heterocycles. The molecular formula is C15H18BFN2O3. The van der Waals surface area contributed by atoms with Crippen LogP contribution in [-0.4, -0.2) is 42.5 Å². The van der Waals surface area contributed by atoms with Crippen LogP contribution < -0.4 is 10.1 Å². The monoisotopic (exact) mass is 304 g/mol. The van der Waals surface area contributed by atoms with Gasteiger partial charge in [0.1, 0.15) is 0 Å². The zero-order chi connectivity index (χ0) is 15.7. The lowest BCUT2D eigenvalue weighted by Gasteiger charge is -2.29. The first-order valence-electron chi connectivity index (χ1n) is 7.40. The lowest BCUT2D eigenvalue weighted by atomic mass is 9.82. The van der Waals surface area contributed by atoms with Gasteiger partial charge >= 0.3 is 7.05 Å². The van der Waals surface area contributed by atoms with E-state index in [-0.39, 0.29) is 18.3 Å². The molecule has 5 nitrogen and oxygen atoms in total. The Balaban J connectivity index is 1.86. The summed E-state index contributed by atoms with van der Waals surface area (Å²) < 4.78 is 19.2. The van der Waals surface area contributed by atoms with E-state index in [4.69, 9.17) is 4.74 Å². The maximum Gasteiger partial charge on any atom is 0.376 e. The molecule has 0 radical (unpaired) electrons. The van der Waals surface area contributed by atoms with E-state index in [1.54, 1.807) is 12.9 Å². The van der Waals surface area contributed by atoms with Crippen LogP contribution in [0.4, 0.5) is 10.1 Å². The van der Waals surface area contributed by atoms with Crippen molar-refractivity contribution < 1.29 is 18.9 Å². The van der Waals surface area contributed by atoms with E-state index in [2.05, 4.69) is 5.32 Å². The number of rotatable bonds is 2. The number of halogens is 1. The van der Waals surface area contributed by atoms with Gasteiger partial charge in [-0.3, -0.25) is 4.79 Å². The molecule has 116 valence electrons. The average molecular weight is 304 g/mol. The summed E-state index contributed by atoms with van der Waals surface area (Å²) in [6.45, 7) is 3.11. The number of hydrogen-bond acceptors (Lipinski definition) is 4. The van der Waals surface area contributed by atoms with Gasteiger partial charge in [-0.1, -0.05) is 11.6 Å². The summed E-state index contributed by atoms with van der Waals surface area (Å²) in [4.78, 5) is 13.3. The van der Waals surface area contributed by atoms with E-state index in [9.17, 15) is 14.2 Å². The molecule has 2 N–H and O–H groups in total. The van der Waals surface area contributed by atoms with Gasteiger partial charge in [-0.15, -0.1) is 0 Å². The first-order valence-corrected chi connectivity index (χ1v) is 7.40. The van der Waals surface area contributed by atoms with Crippen molar-refractivity contribution in [2.24, 2.45) is 0 Å². The highest BCUT2D eigenvalue weighted by atomic mass is 19.1. The van der Waals surface area contributed by atoms with E-state index in [1.165, 1.54) is 6.07 Å². The molecule has 1 aromatic carbocycles. The van der Waals surface area contributed by atoms with Crippen molar-refractivity contribution in [3.8, 4) is 5.75 Å². The Morgan fingerprint density at radius 2 is 2.32 bits per heavy atom. The normalized spacial score (nSPS) is 20.3. The molecule has 0 aromatic heterocycles. The van der Waals surface area contributed by atoms with Crippen LogP contribution in [0.15, 0.2) is 17.7 Å². The largest absolute Gasteiger partial charge is 0.478 e. The number of benzene rings is 1. The summed E-state index contributed by atoms with van der Waals surface area (Å²) in [5.74, 6) is -0.668. The minimum absolute atomic E-state index is 0.0935. The van der Waals surface area contributed by atoms with Crippen LogP contribution >= 0.6 is 0 Å². The zero-order valence-electron chi connectivity index (χ0n) is 12.4. The molecular weight excluding hydrogens is 286 g/mol. The fraction of sp³-hybridized carbons (Fsp3) is 0.400. The van der Waals surface area contributed by atoms with E-state index in [0.29, 0.717) is 17.8 Å². The predicted molar refractivity (Wildman–Crippen MR) is 83.1 cm³/mol. The number of carbonyl (C=O) groups is 1. The van der Waals surface area contributed by atoms with Gasteiger partial charge in [0.2, 0.25) is 0 Å². The van der Waals surface area contributed by atoms with Crippen LogP contribution in [0.5, 0.6) is 5.75 Å². The number of carbonyl (C=O) groups excluding carboxylic acids is 1. The SMILES string of the molecule is CB(O)N1CCC/C(=C\c2cc(F)c3c(c2)NC(=O)CO3)C1. The standard InChI is InChI=1S/C15H18BFN2O3/c1-16(21)19-4-2-3-10(8-19)5-11-6-12(17)15-13(7-11)18-14(20)9-22-15/h5-7,21H,2-4,8-9H2,1H3,(H,18,20)/b10-5+. The van der Waals surface area contributed by atoms with Gasteiger partial charge in [0.15, 0.2) is 18.2 Å². The second-order valence-corrected chi connectivity index (χ2v) is 5.72. The van der Waals surface area contributed by atoms with Gasteiger partial charge in [0, 0.05) is 6.54 Å². The van der Waals surface area contributed by atoms with Crippen molar-refractivity contribution >= 4 is 24.7 Å². The quantitative estimate of drug-likeness (QED) is 0.817. The van der Waals surface area contributed by atoms with E-state index in [0.717, 1.165) is 25.0 Å². The Hall–Kier alpha value is -1.86. The number of anilines is 1. The summed E-state index contributed by atoms with van der Waals surface area (Å²) in [6.07, 6.45) is 3.80. The Morgan fingerprint density at radius 3 is 3.09 bits per heavy atom. The first kappa shape index (κ1) is 15.1. The topological polar surface area (TPSA) is 61.8 Å². The van der Waals surface area contributed by atoms with Crippen LogP contribution in [0.1, 0.15) is 18.4 Å². The Kier molecular flexibility index (Phi) is 4.17. The number of hydrogen-bond donors (Lipinski definition) is 2. The minimum Gasteiger partial charge on any atom is -0.478 e. The number of nitrogens with zero attached hydrogens (tertiary/aromatic N) is 1. The summed E-state index contributed by atoms with van der Waals surface area (Å²) in [6, 6.07) is 3.12. The second-order valence-electron chi connectivity index (χ2n) is 5.72. The number of fused-ring (bicyclic) bond motifs is 1. The van der Waals surface area contributed by atoms with Gasteiger partial charge in [-0.05, 0) is 43.9 Å². The minimum atomic E-state index is -0.489. The highest BCUT2D eigenvalue weighted by Gasteiger charge is 2.22. The molecule has 2 aliphatic rings. The third kappa shape index (κ3) is 3.15. The number of piperidine rings is 1. The van der Waals surface area contributed by atoms with Crippen LogP contribution in [0.25, 0.3) is 6.08 Å². The molecule has 3 rings (SSSR count). The molecule has 0 atom stereocenters. The Labute approximate surface area is 128 Å². The molecule has 2 heterocycles. The van der Waals surface area contributed by atoms with E-state index >= 15 is 0 Å². The van der Waals surface area contributed by atoms with Crippen molar-refractivity contribution in [1.29, 1.82) is 0 Å². The Bertz CT molecular complexity index is 633. The van der Waals surface area contributed by atoms with Crippen LogP contribution in [0.3, 0.4) is 0 Å². The number of nitrogens with one attached hydrogen (secondary N) is 1. The summed E-state index contributed by atoms with van der Waals surface area (Å²) in [5, 5.41) is 12.3. The molecule has 7 heteroatoms. The second kappa shape index (κ2) is 6.10. The molecule has 0 unspecified atom stereocenters. The number of ether oxygens (including phenoxy) is 1.